The van der Waals surface area contributed by atoms with Gasteiger partial charge in [-0.1, -0.05) is 35.9 Å². The molecule has 0 aliphatic heterocycles. The molecule has 0 radical (unpaired) electrons. The number of benzene rings is 2. The molecule has 3 aromatic rings. The van der Waals surface area contributed by atoms with Crippen molar-refractivity contribution in [2.75, 3.05) is 5.32 Å². The molecule has 2 aromatic carbocycles. The van der Waals surface area contributed by atoms with Crippen molar-refractivity contribution in [2.24, 2.45) is 4.99 Å². The molecule has 136 valence electrons. The normalized spacial score (nSPS) is 11.3. The number of hydrogen-bond donors (Lipinski definition) is 1. The molecule has 2 amide bonds. The number of carbonyl (C=O) groups is 2. The van der Waals surface area contributed by atoms with Gasteiger partial charge in [0.05, 0.1) is 0 Å². The van der Waals surface area contributed by atoms with Gasteiger partial charge in [0.2, 0.25) is 5.91 Å². The predicted octanol–water partition coefficient (Wildman–Crippen LogP) is 3.54. The van der Waals surface area contributed by atoms with Gasteiger partial charge in [-0.15, -0.1) is 0 Å². The summed E-state index contributed by atoms with van der Waals surface area (Å²) < 4.78 is 1.94. The van der Waals surface area contributed by atoms with Gasteiger partial charge in [-0.25, -0.2) is 0 Å². The third kappa shape index (κ3) is 5.01. The van der Waals surface area contributed by atoms with Crippen LogP contribution in [0, 0.1) is 6.92 Å². The van der Waals surface area contributed by atoms with Crippen LogP contribution in [0.2, 0.25) is 0 Å². The first-order chi connectivity index (χ1) is 13.0. The number of anilines is 1. The summed E-state index contributed by atoms with van der Waals surface area (Å²) >= 11 is 0. The molecular weight excluding hydrogens is 338 g/mol. The largest absolute Gasteiger partial charge is 0.328 e. The summed E-state index contributed by atoms with van der Waals surface area (Å²) in [5.41, 5.74) is 4.05. The van der Waals surface area contributed by atoms with Gasteiger partial charge in [-0.3, -0.25) is 9.59 Å². The molecule has 27 heavy (non-hydrogen) atoms. The van der Waals surface area contributed by atoms with Crippen molar-refractivity contribution in [3.8, 4) is 0 Å². The Morgan fingerprint density at radius 3 is 2.33 bits per heavy atom. The number of rotatable bonds is 4. The average Bonchev–Trinajstić information content (AvgIpc) is 2.65. The highest BCUT2D eigenvalue weighted by Gasteiger charge is 2.05. The summed E-state index contributed by atoms with van der Waals surface area (Å²) in [5, 5.41) is 2.68. The van der Waals surface area contributed by atoms with Gasteiger partial charge in [-0.2, -0.15) is 4.99 Å². The van der Waals surface area contributed by atoms with E-state index in [-0.39, 0.29) is 11.8 Å². The summed E-state index contributed by atoms with van der Waals surface area (Å²) in [6.07, 6.45) is 1.91. The summed E-state index contributed by atoms with van der Waals surface area (Å²) in [6.45, 7) is 4.13. The van der Waals surface area contributed by atoms with Crippen LogP contribution in [-0.4, -0.2) is 16.4 Å². The second-order valence-electron chi connectivity index (χ2n) is 6.35. The lowest BCUT2D eigenvalue weighted by Gasteiger charge is -2.08. The molecule has 1 aromatic heterocycles. The second-order valence-corrected chi connectivity index (χ2v) is 6.35. The van der Waals surface area contributed by atoms with Gasteiger partial charge in [-0.05, 0) is 48.9 Å². The minimum atomic E-state index is -0.326. The van der Waals surface area contributed by atoms with E-state index < -0.39 is 0 Å². The van der Waals surface area contributed by atoms with E-state index in [1.165, 1.54) is 12.5 Å². The molecule has 3 rings (SSSR count). The zero-order valence-corrected chi connectivity index (χ0v) is 15.3. The molecule has 0 saturated heterocycles. The number of pyridine rings is 1. The van der Waals surface area contributed by atoms with E-state index in [4.69, 9.17) is 0 Å². The van der Waals surface area contributed by atoms with Gasteiger partial charge in [0.1, 0.15) is 5.49 Å². The molecule has 1 N–H and O–H groups in total. The molecule has 0 spiro atoms. The standard InChI is InChI=1S/C22H21N3O2/c1-16-6-8-18(9-7-16)15-25-14-4-3-5-21(25)24-22(27)19-10-12-20(13-11-19)23-17(2)26/h3-14H,15H2,1-2H3,(H,23,26). The summed E-state index contributed by atoms with van der Waals surface area (Å²) in [6, 6.07) is 20.6. The van der Waals surface area contributed by atoms with Crippen LogP contribution < -0.4 is 10.8 Å². The summed E-state index contributed by atoms with van der Waals surface area (Å²) in [7, 11) is 0. The minimum Gasteiger partial charge on any atom is -0.328 e. The number of nitrogens with zero attached hydrogens (tertiary/aromatic N) is 2. The smallest absolute Gasteiger partial charge is 0.278 e. The van der Waals surface area contributed by atoms with Crippen molar-refractivity contribution < 1.29 is 9.59 Å². The van der Waals surface area contributed by atoms with Crippen LogP contribution in [0.15, 0.2) is 77.9 Å². The van der Waals surface area contributed by atoms with Crippen molar-refractivity contribution in [1.82, 2.24) is 4.57 Å². The quantitative estimate of drug-likeness (QED) is 0.774. The van der Waals surface area contributed by atoms with Crippen molar-refractivity contribution in [3.05, 3.63) is 95.1 Å². The van der Waals surface area contributed by atoms with Gasteiger partial charge in [0.25, 0.3) is 5.91 Å². The number of hydrogen-bond acceptors (Lipinski definition) is 2. The lowest BCUT2D eigenvalue weighted by atomic mass is 10.1. The van der Waals surface area contributed by atoms with E-state index in [0.29, 0.717) is 23.3 Å². The number of aryl methyl sites for hydroxylation is 1. The Morgan fingerprint density at radius 2 is 1.67 bits per heavy atom. The fraction of sp³-hybridized carbons (Fsp3) is 0.136. The Morgan fingerprint density at radius 1 is 0.963 bits per heavy atom. The van der Waals surface area contributed by atoms with Crippen molar-refractivity contribution in [2.45, 2.75) is 20.4 Å². The molecule has 0 atom stereocenters. The van der Waals surface area contributed by atoms with Crippen LogP contribution in [-0.2, 0) is 11.3 Å². The van der Waals surface area contributed by atoms with Crippen LogP contribution in [0.5, 0.6) is 0 Å². The maximum atomic E-state index is 12.5. The first-order valence-electron chi connectivity index (χ1n) is 8.69. The molecule has 0 aliphatic carbocycles. The van der Waals surface area contributed by atoms with Crippen molar-refractivity contribution >= 4 is 17.5 Å². The number of aromatic nitrogens is 1. The molecule has 0 unspecified atom stereocenters. The molecule has 0 bridgehead atoms. The molecular formula is C22H21N3O2. The fourth-order valence-corrected chi connectivity index (χ4v) is 2.66. The molecule has 5 nitrogen and oxygen atoms in total. The Balaban J connectivity index is 1.85. The van der Waals surface area contributed by atoms with Crippen molar-refractivity contribution in [3.63, 3.8) is 0 Å². The maximum Gasteiger partial charge on any atom is 0.278 e. The average molecular weight is 359 g/mol. The molecule has 1 heterocycles. The third-order valence-corrected chi connectivity index (χ3v) is 4.06. The highest BCUT2D eigenvalue weighted by Crippen LogP contribution is 2.10. The fourth-order valence-electron chi connectivity index (χ4n) is 2.66. The van der Waals surface area contributed by atoms with E-state index in [9.17, 15) is 9.59 Å². The van der Waals surface area contributed by atoms with Gasteiger partial charge in [0, 0.05) is 30.9 Å². The lowest BCUT2D eigenvalue weighted by Crippen LogP contribution is -2.22. The van der Waals surface area contributed by atoms with Gasteiger partial charge < -0.3 is 9.88 Å². The SMILES string of the molecule is CC(=O)Nc1ccc(C(=O)N=c2ccccn2Cc2ccc(C)cc2)cc1. The first-order valence-corrected chi connectivity index (χ1v) is 8.69. The predicted molar refractivity (Wildman–Crippen MR) is 105 cm³/mol. The molecule has 5 heteroatoms. The summed E-state index contributed by atoms with van der Waals surface area (Å²) in [5.74, 6) is -0.478. The Labute approximate surface area is 158 Å². The van der Waals surface area contributed by atoms with E-state index >= 15 is 0 Å². The first kappa shape index (κ1) is 18.3. The minimum absolute atomic E-state index is 0.153. The Hall–Kier alpha value is -3.47. The zero-order valence-electron chi connectivity index (χ0n) is 15.3. The van der Waals surface area contributed by atoms with Crippen LogP contribution in [0.4, 0.5) is 5.69 Å². The summed E-state index contributed by atoms with van der Waals surface area (Å²) in [4.78, 5) is 27.9. The highest BCUT2D eigenvalue weighted by molar-refractivity contribution is 5.96. The van der Waals surface area contributed by atoms with Gasteiger partial charge >= 0.3 is 0 Å². The van der Waals surface area contributed by atoms with Crippen LogP contribution >= 0.6 is 0 Å². The van der Waals surface area contributed by atoms with E-state index in [1.807, 2.05) is 29.0 Å². The van der Waals surface area contributed by atoms with Crippen LogP contribution in [0.1, 0.15) is 28.4 Å². The third-order valence-electron chi connectivity index (χ3n) is 4.06. The van der Waals surface area contributed by atoms with E-state index in [1.54, 1.807) is 24.3 Å². The number of carbonyl (C=O) groups excluding carboxylic acids is 2. The van der Waals surface area contributed by atoms with Crippen molar-refractivity contribution in [1.29, 1.82) is 0 Å². The topological polar surface area (TPSA) is 63.5 Å². The monoisotopic (exact) mass is 359 g/mol. The Bertz CT molecular complexity index is 1020. The lowest BCUT2D eigenvalue weighted by molar-refractivity contribution is -0.114. The zero-order chi connectivity index (χ0) is 19.2. The van der Waals surface area contributed by atoms with Gasteiger partial charge in [0.15, 0.2) is 0 Å². The number of amides is 2. The van der Waals surface area contributed by atoms with Crippen LogP contribution in [0.25, 0.3) is 0 Å². The number of nitrogens with one attached hydrogen (secondary N) is 1. The maximum absolute atomic E-state index is 12.5. The van der Waals surface area contributed by atoms with Crippen LogP contribution in [0.3, 0.4) is 0 Å². The molecule has 0 fully saturated rings. The second kappa shape index (κ2) is 8.27. The van der Waals surface area contributed by atoms with E-state index in [0.717, 1.165) is 5.56 Å². The van der Waals surface area contributed by atoms with E-state index in [2.05, 4.69) is 41.5 Å². The highest BCUT2D eigenvalue weighted by atomic mass is 16.2. The molecule has 0 saturated carbocycles. The molecule has 0 aliphatic rings. The Kier molecular flexibility index (Phi) is 5.61.